The Balaban J connectivity index is 2.04. The average molecular weight is 260 g/mol. The van der Waals surface area contributed by atoms with Gasteiger partial charge in [0.15, 0.2) is 0 Å². The van der Waals surface area contributed by atoms with Crippen LogP contribution in [0.3, 0.4) is 0 Å². The number of hydrogen-bond donors (Lipinski definition) is 1. The number of likely N-dealkylation sites (N-methyl/N-ethyl adjacent to an activating group) is 1. The molecular weight excluding hydrogens is 236 g/mol. The van der Waals surface area contributed by atoms with E-state index in [9.17, 15) is 4.79 Å². The zero-order valence-corrected chi connectivity index (χ0v) is 12.2. The Labute approximate surface area is 116 Å². The number of nitrogens with zero attached hydrogens (tertiary/aromatic N) is 1. The Morgan fingerprint density at radius 2 is 2.05 bits per heavy atom. The van der Waals surface area contributed by atoms with Crippen LogP contribution in [0, 0.1) is 6.92 Å². The molecule has 0 saturated carbocycles. The summed E-state index contributed by atoms with van der Waals surface area (Å²) in [6.07, 6.45) is 2.92. The fraction of sp³-hybridized carbons (Fsp3) is 0.562. The summed E-state index contributed by atoms with van der Waals surface area (Å²) in [5.74, 6) is 0.230. The second-order valence-electron chi connectivity index (χ2n) is 5.61. The maximum atomic E-state index is 12.6. The van der Waals surface area contributed by atoms with E-state index in [0.29, 0.717) is 6.54 Å². The molecule has 0 aliphatic carbocycles. The minimum atomic E-state index is -0.320. The highest BCUT2D eigenvalue weighted by Crippen LogP contribution is 2.25. The van der Waals surface area contributed by atoms with Gasteiger partial charge in [-0.1, -0.05) is 36.8 Å². The summed E-state index contributed by atoms with van der Waals surface area (Å²) in [5.41, 5.74) is 2.12. The Bertz CT molecular complexity index is 433. The lowest BCUT2D eigenvalue weighted by Gasteiger charge is -2.32. The van der Waals surface area contributed by atoms with E-state index in [1.54, 1.807) is 0 Å². The summed E-state index contributed by atoms with van der Waals surface area (Å²) >= 11 is 0. The molecule has 0 spiro atoms. The molecule has 0 radical (unpaired) electrons. The molecule has 1 fully saturated rings. The molecule has 1 aromatic rings. The minimum Gasteiger partial charge on any atom is -0.340 e. The first kappa shape index (κ1) is 14.1. The number of carbonyl (C=O) groups excluding carboxylic acids is 1. The first-order valence-electron chi connectivity index (χ1n) is 7.13. The third-order valence-electron chi connectivity index (χ3n) is 4.14. The fourth-order valence-electron chi connectivity index (χ4n) is 2.85. The predicted molar refractivity (Wildman–Crippen MR) is 77.9 cm³/mol. The van der Waals surface area contributed by atoms with Gasteiger partial charge in [0, 0.05) is 13.6 Å². The lowest BCUT2D eigenvalue weighted by atomic mass is 9.92. The van der Waals surface area contributed by atoms with Crippen LogP contribution in [-0.2, 0) is 11.3 Å². The highest BCUT2D eigenvalue weighted by molar-refractivity contribution is 5.86. The Morgan fingerprint density at radius 1 is 1.37 bits per heavy atom. The van der Waals surface area contributed by atoms with E-state index in [4.69, 9.17) is 0 Å². The summed E-state index contributed by atoms with van der Waals surface area (Å²) in [7, 11) is 1.90. The van der Waals surface area contributed by atoms with E-state index < -0.39 is 0 Å². The monoisotopic (exact) mass is 260 g/mol. The van der Waals surface area contributed by atoms with Gasteiger partial charge in [0.25, 0.3) is 0 Å². The molecule has 0 aromatic heterocycles. The summed E-state index contributed by atoms with van der Waals surface area (Å²) in [6.45, 7) is 5.81. The normalized spacial score (nSPS) is 22.5. The summed E-state index contributed by atoms with van der Waals surface area (Å²) in [6, 6.07) is 8.38. The third-order valence-corrected chi connectivity index (χ3v) is 4.14. The molecule has 1 amide bonds. The highest BCUT2D eigenvalue weighted by atomic mass is 16.2. The van der Waals surface area contributed by atoms with Crippen molar-refractivity contribution in [1.29, 1.82) is 0 Å². The first-order chi connectivity index (χ1) is 9.07. The Kier molecular flexibility index (Phi) is 4.25. The van der Waals surface area contributed by atoms with Crippen molar-refractivity contribution in [1.82, 2.24) is 10.2 Å². The van der Waals surface area contributed by atoms with Crippen LogP contribution in [0.15, 0.2) is 24.3 Å². The fourth-order valence-corrected chi connectivity index (χ4v) is 2.85. The number of benzene rings is 1. The SMILES string of the molecule is CCC1(C(=O)N(C)Cc2ccc(C)cc2)CCCN1. The topological polar surface area (TPSA) is 32.3 Å². The van der Waals surface area contributed by atoms with Crippen molar-refractivity contribution in [2.75, 3.05) is 13.6 Å². The standard InChI is InChI=1S/C16H24N2O/c1-4-16(10-5-11-17-16)15(19)18(3)12-14-8-6-13(2)7-9-14/h6-9,17H,4-5,10-12H2,1-3H3. The number of nitrogens with one attached hydrogen (secondary N) is 1. The molecule has 1 unspecified atom stereocenters. The quantitative estimate of drug-likeness (QED) is 0.902. The van der Waals surface area contributed by atoms with E-state index in [1.807, 2.05) is 11.9 Å². The molecule has 3 nitrogen and oxygen atoms in total. The molecule has 0 bridgehead atoms. The van der Waals surface area contributed by atoms with Gasteiger partial charge in [-0.25, -0.2) is 0 Å². The van der Waals surface area contributed by atoms with Crippen molar-refractivity contribution in [2.45, 2.75) is 45.2 Å². The third kappa shape index (κ3) is 2.98. The second-order valence-corrected chi connectivity index (χ2v) is 5.61. The van der Waals surface area contributed by atoms with Crippen LogP contribution >= 0.6 is 0 Å². The van der Waals surface area contributed by atoms with Gasteiger partial charge >= 0.3 is 0 Å². The second kappa shape index (κ2) is 5.74. The molecule has 1 N–H and O–H groups in total. The van der Waals surface area contributed by atoms with E-state index in [-0.39, 0.29) is 11.4 Å². The van der Waals surface area contributed by atoms with Crippen molar-refractivity contribution in [3.63, 3.8) is 0 Å². The van der Waals surface area contributed by atoms with Crippen molar-refractivity contribution in [3.05, 3.63) is 35.4 Å². The van der Waals surface area contributed by atoms with E-state index in [1.165, 1.54) is 11.1 Å². The summed E-state index contributed by atoms with van der Waals surface area (Å²) in [4.78, 5) is 14.5. The minimum absolute atomic E-state index is 0.230. The van der Waals surface area contributed by atoms with E-state index in [2.05, 4.69) is 43.4 Å². The van der Waals surface area contributed by atoms with Crippen LogP contribution in [0.1, 0.15) is 37.3 Å². The lowest BCUT2D eigenvalue weighted by molar-refractivity contribution is -0.137. The molecule has 1 aliphatic rings. The van der Waals surface area contributed by atoms with Crippen LogP contribution in [0.2, 0.25) is 0 Å². The van der Waals surface area contributed by atoms with Gasteiger partial charge in [0.2, 0.25) is 5.91 Å². The molecule has 1 saturated heterocycles. The van der Waals surface area contributed by atoms with Gasteiger partial charge in [-0.05, 0) is 38.3 Å². The smallest absolute Gasteiger partial charge is 0.242 e. The van der Waals surface area contributed by atoms with Crippen molar-refractivity contribution < 1.29 is 4.79 Å². The lowest BCUT2D eigenvalue weighted by Crippen LogP contribution is -2.53. The zero-order valence-electron chi connectivity index (χ0n) is 12.2. The molecule has 19 heavy (non-hydrogen) atoms. The molecule has 1 aromatic carbocycles. The highest BCUT2D eigenvalue weighted by Gasteiger charge is 2.40. The first-order valence-corrected chi connectivity index (χ1v) is 7.13. The van der Waals surface area contributed by atoms with Crippen LogP contribution < -0.4 is 5.32 Å². The average Bonchev–Trinajstić information content (AvgIpc) is 2.90. The largest absolute Gasteiger partial charge is 0.340 e. The van der Waals surface area contributed by atoms with Crippen LogP contribution in [0.5, 0.6) is 0 Å². The molecule has 1 atom stereocenters. The maximum absolute atomic E-state index is 12.6. The van der Waals surface area contributed by atoms with Gasteiger partial charge in [-0.3, -0.25) is 4.79 Å². The molecule has 104 valence electrons. The van der Waals surface area contributed by atoms with Gasteiger partial charge in [0.1, 0.15) is 0 Å². The number of hydrogen-bond acceptors (Lipinski definition) is 2. The van der Waals surface area contributed by atoms with Crippen molar-refractivity contribution in [3.8, 4) is 0 Å². The Hall–Kier alpha value is -1.35. The molecule has 2 rings (SSSR count). The Morgan fingerprint density at radius 3 is 2.58 bits per heavy atom. The molecule has 1 aliphatic heterocycles. The van der Waals surface area contributed by atoms with Crippen LogP contribution in [0.4, 0.5) is 0 Å². The zero-order chi connectivity index (χ0) is 13.9. The summed E-state index contributed by atoms with van der Waals surface area (Å²) < 4.78 is 0. The van der Waals surface area contributed by atoms with Gasteiger partial charge in [-0.15, -0.1) is 0 Å². The number of carbonyl (C=O) groups is 1. The van der Waals surface area contributed by atoms with Crippen LogP contribution in [-0.4, -0.2) is 29.9 Å². The van der Waals surface area contributed by atoms with Gasteiger partial charge in [0.05, 0.1) is 5.54 Å². The predicted octanol–water partition coefficient (Wildman–Crippen LogP) is 2.49. The van der Waals surface area contributed by atoms with E-state index >= 15 is 0 Å². The van der Waals surface area contributed by atoms with E-state index in [0.717, 1.165) is 25.8 Å². The maximum Gasteiger partial charge on any atom is 0.242 e. The number of amides is 1. The van der Waals surface area contributed by atoms with Crippen molar-refractivity contribution in [2.24, 2.45) is 0 Å². The summed E-state index contributed by atoms with van der Waals surface area (Å²) in [5, 5.41) is 3.40. The molecule has 1 heterocycles. The van der Waals surface area contributed by atoms with Gasteiger partial charge < -0.3 is 10.2 Å². The molecule has 3 heteroatoms. The van der Waals surface area contributed by atoms with Gasteiger partial charge in [-0.2, -0.15) is 0 Å². The number of aryl methyl sites for hydroxylation is 1. The number of rotatable bonds is 4. The van der Waals surface area contributed by atoms with Crippen molar-refractivity contribution >= 4 is 5.91 Å². The van der Waals surface area contributed by atoms with Crippen LogP contribution in [0.25, 0.3) is 0 Å². The molecular formula is C16H24N2O.